The van der Waals surface area contributed by atoms with E-state index in [1.807, 2.05) is 6.92 Å². The van der Waals surface area contributed by atoms with E-state index in [0.29, 0.717) is 6.54 Å². The average Bonchev–Trinajstić information content (AvgIpc) is 2.83. The molecule has 1 heterocycles. The van der Waals surface area contributed by atoms with Gasteiger partial charge in [0.25, 0.3) is 0 Å². The van der Waals surface area contributed by atoms with E-state index >= 15 is 0 Å². The van der Waals surface area contributed by atoms with Crippen LogP contribution in [0.3, 0.4) is 0 Å². The number of amides is 1. The van der Waals surface area contributed by atoms with Gasteiger partial charge in [-0.3, -0.25) is 4.79 Å². The highest BCUT2D eigenvalue weighted by Gasteiger charge is 2.40. The highest BCUT2D eigenvalue weighted by Crippen LogP contribution is 2.36. The van der Waals surface area contributed by atoms with E-state index in [1.165, 1.54) is 0 Å². The van der Waals surface area contributed by atoms with Gasteiger partial charge >= 0.3 is 0 Å². The molecule has 1 amide bonds. The van der Waals surface area contributed by atoms with Crippen LogP contribution in [0.1, 0.15) is 26.2 Å². The number of nitrogens with one attached hydrogen (secondary N) is 2. The number of hydrogen-bond donors (Lipinski definition) is 2. The molecule has 6 heteroatoms. The van der Waals surface area contributed by atoms with Gasteiger partial charge in [-0.05, 0) is 31.5 Å². The molecule has 0 spiro atoms. The second-order valence-electron chi connectivity index (χ2n) is 5.16. The molecule has 1 aliphatic rings. The predicted molar refractivity (Wildman–Crippen MR) is 79.9 cm³/mol. The molecule has 110 valence electrons. The first kappa shape index (κ1) is 15.5. The van der Waals surface area contributed by atoms with Gasteiger partial charge in [0.1, 0.15) is 5.82 Å². The van der Waals surface area contributed by atoms with E-state index < -0.39 is 11.2 Å². The van der Waals surface area contributed by atoms with Crippen LogP contribution in [0.2, 0.25) is 10.0 Å². The summed E-state index contributed by atoms with van der Waals surface area (Å²) < 4.78 is 13.2. The van der Waals surface area contributed by atoms with Gasteiger partial charge in [-0.2, -0.15) is 0 Å². The van der Waals surface area contributed by atoms with Crippen molar-refractivity contribution in [1.82, 2.24) is 5.32 Å². The molecular formula is C14H17Cl2FN2O. The Labute approximate surface area is 127 Å². The Morgan fingerprint density at radius 3 is 2.60 bits per heavy atom. The van der Waals surface area contributed by atoms with Crippen molar-refractivity contribution in [2.24, 2.45) is 5.41 Å². The minimum Gasteiger partial charge on any atom is -0.323 e. The lowest BCUT2D eigenvalue weighted by Gasteiger charge is -2.27. The maximum atomic E-state index is 13.2. The third kappa shape index (κ3) is 3.08. The fourth-order valence-electron chi connectivity index (χ4n) is 2.65. The Morgan fingerprint density at radius 2 is 2.10 bits per heavy atom. The van der Waals surface area contributed by atoms with Crippen LogP contribution in [0.15, 0.2) is 12.1 Å². The Morgan fingerprint density at radius 1 is 1.45 bits per heavy atom. The van der Waals surface area contributed by atoms with Gasteiger partial charge in [0.05, 0.1) is 21.1 Å². The Bertz CT molecular complexity index is 493. The highest BCUT2D eigenvalue weighted by atomic mass is 35.5. The Hall–Kier alpha value is -0.840. The van der Waals surface area contributed by atoms with E-state index in [1.54, 1.807) is 0 Å². The second-order valence-corrected chi connectivity index (χ2v) is 5.97. The molecule has 0 aromatic heterocycles. The number of carbonyl (C=O) groups is 1. The van der Waals surface area contributed by atoms with Crippen LogP contribution in [0, 0.1) is 11.2 Å². The van der Waals surface area contributed by atoms with Gasteiger partial charge in [-0.25, -0.2) is 4.39 Å². The normalized spacial score (nSPS) is 22.0. The molecule has 0 aliphatic carbocycles. The van der Waals surface area contributed by atoms with Crippen molar-refractivity contribution in [2.45, 2.75) is 26.2 Å². The minimum atomic E-state index is -0.524. The minimum absolute atomic E-state index is 0.111. The molecule has 1 aromatic rings. The zero-order valence-corrected chi connectivity index (χ0v) is 12.7. The van der Waals surface area contributed by atoms with Crippen LogP contribution in [-0.4, -0.2) is 19.0 Å². The molecule has 0 radical (unpaired) electrons. The molecule has 3 nitrogen and oxygen atoms in total. The lowest BCUT2D eigenvalue weighted by molar-refractivity contribution is -0.125. The van der Waals surface area contributed by atoms with E-state index in [2.05, 4.69) is 10.6 Å². The number of anilines is 1. The molecule has 1 fully saturated rings. The lowest BCUT2D eigenvalue weighted by Crippen LogP contribution is -2.38. The Balaban J connectivity index is 2.23. The standard InChI is InChI=1S/C14H17Cl2FN2O/c1-2-3-14(4-5-18-8-14)13(20)19-12-10(15)6-9(17)7-11(12)16/h6-7,18H,2-5,8H2,1H3,(H,19,20). The third-order valence-corrected chi connectivity index (χ3v) is 4.30. The fraction of sp³-hybridized carbons (Fsp3) is 0.500. The summed E-state index contributed by atoms with van der Waals surface area (Å²) in [6, 6.07) is 2.28. The van der Waals surface area contributed by atoms with Crippen molar-refractivity contribution < 1.29 is 9.18 Å². The lowest BCUT2D eigenvalue weighted by atomic mass is 9.81. The van der Waals surface area contributed by atoms with E-state index in [-0.39, 0.29) is 21.6 Å². The third-order valence-electron chi connectivity index (χ3n) is 3.70. The summed E-state index contributed by atoms with van der Waals surface area (Å²) in [5, 5.41) is 6.20. The number of halogens is 3. The Kier molecular flexibility index (Phi) is 4.89. The summed E-state index contributed by atoms with van der Waals surface area (Å²) in [6.45, 7) is 3.51. The smallest absolute Gasteiger partial charge is 0.232 e. The molecule has 1 aliphatic heterocycles. The second kappa shape index (κ2) is 6.29. The summed E-state index contributed by atoms with van der Waals surface area (Å²) in [7, 11) is 0. The quantitative estimate of drug-likeness (QED) is 0.885. The van der Waals surface area contributed by atoms with Crippen molar-refractivity contribution >= 4 is 34.8 Å². The molecule has 2 N–H and O–H groups in total. The van der Waals surface area contributed by atoms with Crippen LogP contribution >= 0.6 is 23.2 Å². The van der Waals surface area contributed by atoms with Gasteiger partial charge in [0.2, 0.25) is 5.91 Å². The van der Waals surface area contributed by atoms with Crippen LogP contribution in [0.4, 0.5) is 10.1 Å². The number of hydrogen-bond acceptors (Lipinski definition) is 2. The molecular weight excluding hydrogens is 302 g/mol. The van der Waals surface area contributed by atoms with Gasteiger partial charge < -0.3 is 10.6 Å². The zero-order chi connectivity index (χ0) is 14.8. The number of carbonyl (C=O) groups excluding carboxylic acids is 1. The molecule has 0 bridgehead atoms. The van der Waals surface area contributed by atoms with Crippen LogP contribution in [-0.2, 0) is 4.79 Å². The molecule has 1 atom stereocenters. The molecule has 2 rings (SSSR count). The maximum Gasteiger partial charge on any atom is 0.232 e. The fourth-order valence-corrected chi connectivity index (χ4v) is 3.21. The number of rotatable bonds is 4. The summed E-state index contributed by atoms with van der Waals surface area (Å²) in [4.78, 5) is 12.6. The first-order valence-corrected chi connectivity index (χ1v) is 7.41. The first-order valence-electron chi connectivity index (χ1n) is 6.65. The summed E-state index contributed by atoms with van der Waals surface area (Å²) >= 11 is 11.9. The van der Waals surface area contributed by atoms with Gasteiger partial charge in [-0.1, -0.05) is 36.5 Å². The topological polar surface area (TPSA) is 41.1 Å². The van der Waals surface area contributed by atoms with Crippen molar-refractivity contribution in [3.05, 3.63) is 28.0 Å². The van der Waals surface area contributed by atoms with E-state index in [9.17, 15) is 9.18 Å². The molecule has 1 aromatic carbocycles. The van der Waals surface area contributed by atoms with Crippen LogP contribution < -0.4 is 10.6 Å². The summed E-state index contributed by atoms with van der Waals surface area (Å²) in [6.07, 6.45) is 2.49. The summed E-state index contributed by atoms with van der Waals surface area (Å²) in [5.41, 5.74) is -0.155. The van der Waals surface area contributed by atoms with E-state index in [0.717, 1.165) is 37.9 Å². The molecule has 20 heavy (non-hydrogen) atoms. The maximum absolute atomic E-state index is 13.2. The summed E-state index contributed by atoms with van der Waals surface area (Å²) in [5.74, 6) is -0.636. The van der Waals surface area contributed by atoms with Crippen molar-refractivity contribution in [3.63, 3.8) is 0 Å². The molecule has 1 saturated heterocycles. The van der Waals surface area contributed by atoms with Crippen molar-refractivity contribution in [3.8, 4) is 0 Å². The first-order chi connectivity index (χ1) is 9.48. The van der Waals surface area contributed by atoms with Gasteiger partial charge in [0.15, 0.2) is 0 Å². The molecule has 1 unspecified atom stereocenters. The van der Waals surface area contributed by atoms with Crippen molar-refractivity contribution in [2.75, 3.05) is 18.4 Å². The van der Waals surface area contributed by atoms with Crippen molar-refractivity contribution in [1.29, 1.82) is 0 Å². The zero-order valence-electron chi connectivity index (χ0n) is 11.2. The number of benzene rings is 1. The largest absolute Gasteiger partial charge is 0.323 e. The van der Waals surface area contributed by atoms with Crippen LogP contribution in [0.25, 0.3) is 0 Å². The highest BCUT2D eigenvalue weighted by molar-refractivity contribution is 6.39. The van der Waals surface area contributed by atoms with Crippen LogP contribution in [0.5, 0.6) is 0 Å². The SMILES string of the molecule is CCCC1(C(=O)Nc2c(Cl)cc(F)cc2Cl)CCNC1. The monoisotopic (exact) mass is 318 g/mol. The predicted octanol–water partition coefficient (Wildman–Crippen LogP) is 3.85. The van der Waals surface area contributed by atoms with Gasteiger partial charge in [-0.15, -0.1) is 0 Å². The average molecular weight is 319 g/mol. The van der Waals surface area contributed by atoms with E-state index in [4.69, 9.17) is 23.2 Å². The molecule has 0 saturated carbocycles. The van der Waals surface area contributed by atoms with Gasteiger partial charge in [0, 0.05) is 6.54 Å².